The number of carboxylic acids is 1. The minimum atomic E-state index is -2.35. The molecule has 76 valence electrons. The van der Waals surface area contributed by atoms with Gasteiger partial charge in [-0.05, 0) is 24.1 Å². The lowest BCUT2D eigenvalue weighted by atomic mass is 10.1. The normalized spacial score (nSPS) is 18.7. The Morgan fingerprint density at radius 2 is 2.29 bits per heavy atom. The molecule has 0 fully saturated rings. The average Bonchev–Trinajstić information content (AvgIpc) is 2.28. The highest BCUT2D eigenvalue weighted by Gasteiger charge is 2.11. The minimum Gasteiger partial charge on any atom is -0.497 e. The Hall–Kier alpha value is -1.55. The number of carboxylic acid groups (broad SMARTS) is 1. The van der Waals surface area contributed by atoms with Crippen LogP contribution in [0.4, 0.5) is 0 Å². The second-order valence-corrected chi connectivity index (χ2v) is 2.68. The molecule has 14 heavy (non-hydrogen) atoms. The zero-order valence-corrected chi connectivity index (χ0v) is 7.73. The number of nitrogens with two attached hydrogens (primary N) is 1. The molecule has 0 aliphatic heterocycles. The summed E-state index contributed by atoms with van der Waals surface area (Å²) in [6.07, 6.45) is -1.35. The summed E-state index contributed by atoms with van der Waals surface area (Å²) in [5.41, 5.74) is 5.62. The number of aliphatic carboxylic acids is 1. The van der Waals surface area contributed by atoms with E-state index >= 15 is 0 Å². The maximum Gasteiger partial charge on any atom is 0.320 e. The van der Waals surface area contributed by atoms with Crippen LogP contribution in [0.25, 0.3) is 0 Å². The smallest absolute Gasteiger partial charge is 0.320 e. The number of carbonyl (C=O) groups is 1. The fourth-order valence-corrected chi connectivity index (χ4v) is 0.941. The maximum atomic E-state index is 10.7. The van der Waals surface area contributed by atoms with Gasteiger partial charge in [-0.1, -0.05) is 12.1 Å². The number of hydrogen-bond acceptors (Lipinski definition) is 3. The molecule has 1 rings (SSSR count). The van der Waals surface area contributed by atoms with Crippen molar-refractivity contribution < 1.29 is 17.4 Å². The number of ether oxygens (including phenoxy) is 1. The van der Waals surface area contributed by atoms with E-state index in [1.807, 2.05) is 0 Å². The van der Waals surface area contributed by atoms with Gasteiger partial charge in [0, 0.05) is 1.37 Å². The van der Waals surface area contributed by atoms with Crippen LogP contribution in [0, 0.1) is 0 Å². The van der Waals surface area contributed by atoms with Crippen LogP contribution in [0.15, 0.2) is 24.3 Å². The third kappa shape index (κ3) is 2.74. The van der Waals surface area contributed by atoms with Crippen molar-refractivity contribution in [1.29, 1.82) is 0 Å². The summed E-state index contributed by atoms with van der Waals surface area (Å²) in [6, 6.07) is 3.88. The minimum absolute atomic E-state index is 0.362. The Balaban J connectivity index is 2.96. The van der Waals surface area contributed by atoms with E-state index in [9.17, 15) is 4.79 Å². The van der Waals surface area contributed by atoms with E-state index in [1.54, 1.807) is 12.1 Å². The van der Waals surface area contributed by atoms with E-state index in [2.05, 4.69) is 0 Å². The molecule has 1 aromatic rings. The van der Waals surface area contributed by atoms with Gasteiger partial charge in [-0.2, -0.15) is 0 Å². The van der Waals surface area contributed by atoms with Gasteiger partial charge in [0.05, 0.1) is 8.48 Å². The number of rotatable bonds is 4. The van der Waals surface area contributed by atoms with E-state index in [4.69, 9.17) is 18.3 Å². The summed E-state index contributed by atoms with van der Waals surface area (Å²) in [7, 11) is 1.50. The standard InChI is InChI=1S/C10H13NO3/c1-14-8-4-2-7(3-5-8)6-9(11)10(12)13/h2-5,9H,6,11H2,1H3,(H,12,13)/t9-/m1/s1/i6D,9D/t6-,9+/m0. The molecule has 0 aromatic heterocycles. The topological polar surface area (TPSA) is 72.5 Å². The van der Waals surface area contributed by atoms with Crippen molar-refractivity contribution in [2.45, 2.75) is 12.4 Å². The average molecular weight is 197 g/mol. The lowest BCUT2D eigenvalue weighted by molar-refractivity contribution is -0.138. The van der Waals surface area contributed by atoms with Crippen LogP contribution in [0.2, 0.25) is 0 Å². The number of methoxy groups -OCH3 is 1. The predicted octanol–water partition coefficient (Wildman–Crippen LogP) is 0.650. The first-order valence-electron chi connectivity index (χ1n) is 5.05. The molecule has 1 aromatic carbocycles. The summed E-state index contributed by atoms with van der Waals surface area (Å²) in [5, 5.41) is 8.72. The first-order chi connectivity index (χ1) is 7.39. The molecule has 0 heterocycles. The SMILES string of the molecule is [2H][C@@H](c1ccc(OC)cc1)[C@@]([2H])(N)C(=O)O. The first kappa shape index (κ1) is 7.82. The van der Waals surface area contributed by atoms with Crippen molar-refractivity contribution in [3.8, 4) is 5.75 Å². The Kier molecular flexibility index (Phi) is 2.58. The monoisotopic (exact) mass is 197 g/mol. The molecule has 0 unspecified atom stereocenters. The van der Waals surface area contributed by atoms with Crippen molar-refractivity contribution in [2.24, 2.45) is 5.73 Å². The number of hydrogen-bond donors (Lipinski definition) is 2. The molecule has 0 saturated carbocycles. The number of benzene rings is 1. The lowest BCUT2D eigenvalue weighted by Gasteiger charge is -2.06. The summed E-state index contributed by atoms with van der Waals surface area (Å²) in [6.45, 7) is 0. The van der Waals surface area contributed by atoms with E-state index in [0.29, 0.717) is 11.3 Å². The highest BCUT2D eigenvalue weighted by molar-refractivity contribution is 5.73. The van der Waals surface area contributed by atoms with Gasteiger partial charge < -0.3 is 15.6 Å². The van der Waals surface area contributed by atoms with Gasteiger partial charge in [0.25, 0.3) is 0 Å². The van der Waals surface area contributed by atoms with Crippen molar-refractivity contribution >= 4 is 5.97 Å². The Labute approximate surface area is 85.1 Å². The highest BCUT2D eigenvalue weighted by Crippen LogP contribution is 2.12. The highest BCUT2D eigenvalue weighted by atomic mass is 16.5. The Bertz CT molecular complexity index is 378. The van der Waals surface area contributed by atoms with Gasteiger partial charge in [-0.3, -0.25) is 4.79 Å². The molecule has 4 heteroatoms. The molecule has 0 amide bonds. The second kappa shape index (κ2) is 4.62. The summed E-state index contributed by atoms with van der Waals surface area (Å²) < 4.78 is 19.9. The van der Waals surface area contributed by atoms with Crippen LogP contribution in [-0.4, -0.2) is 24.2 Å². The van der Waals surface area contributed by atoms with Crippen LogP contribution in [0.3, 0.4) is 0 Å². The van der Waals surface area contributed by atoms with Gasteiger partial charge in [-0.25, -0.2) is 0 Å². The summed E-state index contributed by atoms with van der Waals surface area (Å²) in [4.78, 5) is 10.7. The van der Waals surface area contributed by atoms with Gasteiger partial charge in [-0.15, -0.1) is 0 Å². The molecule has 0 aliphatic rings. The van der Waals surface area contributed by atoms with Crippen molar-refractivity contribution in [3.05, 3.63) is 29.8 Å². The predicted molar refractivity (Wildman–Crippen MR) is 52.3 cm³/mol. The molecule has 0 bridgehead atoms. The van der Waals surface area contributed by atoms with Crippen LogP contribution in [-0.2, 0) is 11.2 Å². The molecule has 4 nitrogen and oxygen atoms in total. The fraction of sp³-hybridized carbons (Fsp3) is 0.300. The third-order valence-corrected chi connectivity index (χ3v) is 1.68. The molecule has 0 radical (unpaired) electrons. The van der Waals surface area contributed by atoms with E-state index < -0.39 is 18.4 Å². The van der Waals surface area contributed by atoms with Gasteiger partial charge in [0.1, 0.15) is 11.8 Å². The van der Waals surface area contributed by atoms with Gasteiger partial charge in [0.15, 0.2) is 0 Å². The summed E-state index contributed by atoms with van der Waals surface area (Å²) >= 11 is 0. The molecular weight excluding hydrogens is 182 g/mol. The molecular formula is C10H13NO3. The van der Waals surface area contributed by atoms with E-state index in [-0.39, 0.29) is 0 Å². The summed E-state index contributed by atoms with van der Waals surface area (Å²) in [5.74, 6) is -0.929. The zero-order valence-electron chi connectivity index (χ0n) is 9.73. The molecule has 0 aliphatic carbocycles. The maximum absolute atomic E-state index is 10.7. The van der Waals surface area contributed by atoms with Gasteiger partial charge in [0.2, 0.25) is 0 Å². The second-order valence-electron chi connectivity index (χ2n) is 2.68. The zero-order chi connectivity index (χ0) is 12.3. The van der Waals surface area contributed by atoms with Crippen LogP contribution in [0.1, 0.15) is 8.30 Å². The molecule has 2 atom stereocenters. The van der Waals surface area contributed by atoms with E-state index in [0.717, 1.165) is 0 Å². The largest absolute Gasteiger partial charge is 0.497 e. The van der Waals surface area contributed by atoms with Crippen molar-refractivity contribution in [2.75, 3.05) is 7.11 Å². The lowest BCUT2D eigenvalue weighted by Crippen LogP contribution is -2.32. The third-order valence-electron chi connectivity index (χ3n) is 1.68. The fourth-order valence-electron chi connectivity index (χ4n) is 0.941. The van der Waals surface area contributed by atoms with Crippen LogP contribution < -0.4 is 10.5 Å². The molecule has 0 saturated heterocycles. The van der Waals surface area contributed by atoms with Crippen LogP contribution in [0.5, 0.6) is 5.75 Å². The van der Waals surface area contributed by atoms with Gasteiger partial charge >= 0.3 is 5.97 Å². The van der Waals surface area contributed by atoms with Crippen molar-refractivity contribution in [3.63, 3.8) is 0 Å². The van der Waals surface area contributed by atoms with Crippen LogP contribution >= 0.6 is 0 Å². The Morgan fingerprint density at radius 3 is 2.71 bits per heavy atom. The quantitative estimate of drug-likeness (QED) is 0.743. The Morgan fingerprint density at radius 1 is 1.71 bits per heavy atom. The first-order valence-corrected chi connectivity index (χ1v) is 3.98. The molecule has 3 N–H and O–H groups in total. The van der Waals surface area contributed by atoms with E-state index in [1.165, 1.54) is 19.2 Å². The van der Waals surface area contributed by atoms with Crippen molar-refractivity contribution in [1.82, 2.24) is 0 Å². The molecule has 0 spiro atoms.